The Kier molecular flexibility index (Phi) is 4.32. The molecule has 0 aliphatic rings. The lowest BCUT2D eigenvalue weighted by molar-refractivity contribution is 0.583. The van der Waals surface area contributed by atoms with Gasteiger partial charge in [0.15, 0.2) is 5.82 Å². The first-order valence-corrected chi connectivity index (χ1v) is 6.96. The van der Waals surface area contributed by atoms with Crippen LogP contribution in [-0.4, -0.2) is 11.0 Å². The van der Waals surface area contributed by atoms with E-state index in [2.05, 4.69) is 24.1 Å². The second-order valence-electron chi connectivity index (χ2n) is 4.28. The molecule has 1 N–H and O–H groups in total. The maximum atomic E-state index is 13.8. The number of benzene rings is 1. The summed E-state index contributed by atoms with van der Waals surface area (Å²) in [6.45, 7) is 4.84. The van der Waals surface area contributed by atoms with Crippen LogP contribution in [0.3, 0.4) is 0 Å². The molecule has 0 aliphatic carbocycles. The Labute approximate surface area is 115 Å². The molecule has 5 heteroatoms. The van der Waals surface area contributed by atoms with Crippen molar-refractivity contribution in [1.82, 2.24) is 10.3 Å². The van der Waals surface area contributed by atoms with Gasteiger partial charge in [0, 0.05) is 23.5 Å². The van der Waals surface area contributed by atoms with Crippen LogP contribution in [0.1, 0.15) is 19.5 Å². The number of hydrogen-bond acceptors (Lipinski definition) is 3. The van der Waals surface area contributed by atoms with Crippen LogP contribution in [0.5, 0.6) is 0 Å². The molecule has 0 saturated heterocycles. The van der Waals surface area contributed by atoms with Crippen LogP contribution >= 0.6 is 22.9 Å². The molecule has 18 heavy (non-hydrogen) atoms. The highest BCUT2D eigenvalue weighted by Crippen LogP contribution is 2.29. The summed E-state index contributed by atoms with van der Waals surface area (Å²) in [6, 6.07) is 5.36. The molecule has 0 aliphatic heterocycles. The topological polar surface area (TPSA) is 24.9 Å². The zero-order valence-electron chi connectivity index (χ0n) is 10.2. The number of halogens is 2. The lowest BCUT2D eigenvalue weighted by Gasteiger charge is -2.05. The minimum absolute atomic E-state index is 0.129. The van der Waals surface area contributed by atoms with Gasteiger partial charge in [0.2, 0.25) is 0 Å². The average Bonchev–Trinajstić information content (AvgIpc) is 2.78. The van der Waals surface area contributed by atoms with E-state index in [0.717, 1.165) is 5.69 Å². The monoisotopic (exact) mass is 284 g/mol. The quantitative estimate of drug-likeness (QED) is 0.914. The molecule has 96 valence electrons. The fraction of sp³-hybridized carbons (Fsp3) is 0.308. The lowest BCUT2D eigenvalue weighted by Crippen LogP contribution is -2.21. The fourth-order valence-electron chi connectivity index (χ4n) is 1.49. The lowest BCUT2D eigenvalue weighted by atomic mass is 10.2. The Morgan fingerprint density at radius 3 is 2.94 bits per heavy atom. The van der Waals surface area contributed by atoms with Gasteiger partial charge in [-0.2, -0.15) is 0 Å². The number of rotatable bonds is 4. The van der Waals surface area contributed by atoms with Crippen molar-refractivity contribution >= 4 is 22.9 Å². The first-order valence-electron chi connectivity index (χ1n) is 5.70. The van der Waals surface area contributed by atoms with Crippen molar-refractivity contribution in [3.63, 3.8) is 0 Å². The maximum absolute atomic E-state index is 13.8. The Morgan fingerprint density at radius 1 is 1.44 bits per heavy atom. The molecule has 0 fully saturated rings. The van der Waals surface area contributed by atoms with Gasteiger partial charge in [-0.05, 0) is 12.1 Å². The molecule has 1 aromatic carbocycles. The number of nitrogens with one attached hydrogen (secondary N) is 1. The van der Waals surface area contributed by atoms with E-state index in [1.807, 2.05) is 5.38 Å². The van der Waals surface area contributed by atoms with E-state index in [9.17, 15) is 4.39 Å². The largest absolute Gasteiger partial charge is 0.309 e. The molecule has 0 radical (unpaired) electrons. The highest BCUT2D eigenvalue weighted by molar-refractivity contribution is 7.13. The standard InChI is InChI=1S/C13H14ClFN2S/c1-8(2)16-6-9-7-18-13(17-9)10-4-3-5-11(14)12(10)15/h3-5,7-8,16H,6H2,1-2H3. The Hall–Kier alpha value is -0.970. The summed E-state index contributed by atoms with van der Waals surface area (Å²) in [6.07, 6.45) is 0. The van der Waals surface area contributed by atoms with Crippen molar-refractivity contribution in [1.29, 1.82) is 0 Å². The van der Waals surface area contributed by atoms with Crippen LogP contribution < -0.4 is 5.32 Å². The second-order valence-corrected chi connectivity index (χ2v) is 5.55. The molecule has 0 saturated carbocycles. The summed E-state index contributed by atoms with van der Waals surface area (Å²) in [5.41, 5.74) is 1.38. The van der Waals surface area contributed by atoms with Crippen LogP contribution in [-0.2, 0) is 6.54 Å². The minimum Gasteiger partial charge on any atom is -0.309 e. The van der Waals surface area contributed by atoms with Gasteiger partial charge in [0.05, 0.1) is 10.7 Å². The summed E-state index contributed by atoms with van der Waals surface area (Å²) in [5, 5.41) is 6.00. The third-order valence-corrected chi connectivity index (χ3v) is 3.64. The Balaban J connectivity index is 2.21. The van der Waals surface area contributed by atoms with Gasteiger partial charge < -0.3 is 5.32 Å². The van der Waals surface area contributed by atoms with Gasteiger partial charge in [0.1, 0.15) is 5.01 Å². The first-order chi connectivity index (χ1) is 8.58. The summed E-state index contributed by atoms with van der Waals surface area (Å²) in [7, 11) is 0. The van der Waals surface area contributed by atoms with E-state index in [4.69, 9.17) is 11.6 Å². The SMILES string of the molecule is CC(C)NCc1csc(-c2cccc(Cl)c2F)n1. The Morgan fingerprint density at radius 2 is 2.22 bits per heavy atom. The highest BCUT2D eigenvalue weighted by Gasteiger charge is 2.12. The van der Waals surface area contributed by atoms with E-state index in [1.165, 1.54) is 17.4 Å². The summed E-state index contributed by atoms with van der Waals surface area (Å²) >= 11 is 7.19. The fourth-order valence-corrected chi connectivity index (χ4v) is 2.50. The zero-order chi connectivity index (χ0) is 13.1. The van der Waals surface area contributed by atoms with Crippen LogP contribution in [0.25, 0.3) is 10.6 Å². The van der Waals surface area contributed by atoms with Crippen molar-refractivity contribution in [3.05, 3.63) is 40.1 Å². The number of thiazole rings is 1. The molecule has 1 aromatic heterocycles. The van der Waals surface area contributed by atoms with Gasteiger partial charge in [-0.1, -0.05) is 31.5 Å². The van der Waals surface area contributed by atoms with Gasteiger partial charge in [-0.15, -0.1) is 11.3 Å². The van der Waals surface area contributed by atoms with Gasteiger partial charge in [-0.3, -0.25) is 0 Å². The van der Waals surface area contributed by atoms with E-state index < -0.39 is 5.82 Å². The van der Waals surface area contributed by atoms with Crippen molar-refractivity contribution in [3.8, 4) is 10.6 Å². The molecule has 1 heterocycles. The van der Waals surface area contributed by atoms with E-state index >= 15 is 0 Å². The third-order valence-electron chi connectivity index (χ3n) is 2.43. The van der Waals surface area contributed by atoms with Crippen LogP contribution in [0.2, 0.25) is 5.02 Å². The first kappa shape index (κ1) is 13.5. The molecule has 0 spiro atoms. The number of aromatic nitrogens is 1. The highest BCUT2D eigenvalue weighted by atomic mass is 35.5. The second kappa shape index (κ2) is 5.78. The van der Waals surface area contributed by atoms with E-state index in [1.54, 1.807) is 12.1 Å². The normalized spacial score (nSPS) is 11.2. The molecule has 0 amide bonds. The summed E-state index contributed by atoms with van der Waals surface area (Å²) in [4.78, 5) is 4.41. The molecule has 0 bridgehead atoms. The molecule has 2 aromatic rings. The Bertz CT molecular complexity index is 540. The van der Waals surface area contributed by atoms with Gasteiger partial charge in [0.25, 0.3) is 0 Å². The van der Waals surface area contributed by atoms with Crippen LogP contribution in [0.4, 0.5) is 4.39 Å². The van der Waals surface area contributed by atoms with E-state index in [-0.39, 0.29) is 5.02 Å². The van der Waals surface area contributed by atoms with Crippen molar-refractivity contribution < 1.29 is 4.39 Å². The molecular formula is C13H14ClFN2S. The van der Waals surface area contributed by atoms with E-state index in [0.29, 0.717) is 23.2 Å². The summed E-state index contributed by atoms with van der Waals surface area (Å²) < 4.78 is 13.8. The molecule has 0 atom stereocenters. The average molecular weight is 285 g/mol. The van der Waals surface area contributed by atoms with Crippen LogP contribution in [0.15, 0.2) is 23.6 Å². The molecule has 2 nitrogen and oxygen atoms in total. The predicted octanol–water partition coefficient (Wildman–Crippen LogP) is 4.10. The van der Waals surface area contributed by atoms with Gasteiger partial charge >= 0.3 is 0 Å². The maximum Gasteiger partial charge on any atom is 0.152 e. The molecular weight excluding hydrogens is 271 g/mol. The molecule has 0 unspecified atom stereocenters. The molecule has 2 rings (SSSR count). The van der Waals surface area contributed by atoms with Crippen molar-refractivity contribution in [2.75, 3.05) is 0 Å². The van der Waals surface area contributed by atoms with Gasteiger partial charge in [-0.25, -0.2) is 9.37 Å². The number of hydrogen-bond donors (Lipinski definition) is 1. The van der Waals surface area contributed by atoms with Crippen LogP contribution in [0, 0.1) is 5.82 Å². The smallest absolute Gasteiger partial charge is 0.152 e. The minimum atomic E-state index is -0.406. The summed E-state index contributed by atoms with van der Waals surface area (Å²) in [5.74, 6) is -0.406. The number of nitrogens with zero attached hydrogens (tertiary/aromatic N) is 1. The predicted molar refractivity (Wildman–Crippen MR) is 74.5 cm³/mol. The van der Waals surface area contributed by atoms with Crippen molar-refractivity contribution in [2.45, 2.75) is 26.4 Å². The van der Waals surface area contributed by atoms with Crippen molar-refractivity contribution in [2.24, 2.45) is 0 Å². The zero-order valence-corrected chi connectivity index (χ0v) is 11.8. The third kappa shape index (κ3) is 3.07.